The van der Waals surface area contributed by atoms with Crippen LogP contribution in [-0.2, 0) is 11.8 Å². The van der Waals surface area contributed by atoms with Crippen LogP contribution in [0.1, 0.15) is 41.2 Å². The second-order valence-corrected chi connectivity index (χ2v) is 10.2. The van der Waals surface area contributed by atoms with Gasteiger partial charge in [-0.25, -0.2) is 0 Å². The SMILES string of the molecule is CC1(c2ccc(-c3ccccc3)cc2)c2c(ccc3c2C=C(O)CC3)Oc2ccc3ccc(O)cc3c21. The van der Waals surface area contributed by atoms with Crippen molar-refractivity contribution in [1.29, 1.82) is 0 Å². The Balaban J connectivity index is 1.55. The minimum atomic E-state index is -0.592. The van der Waals surface area contributed by atoms with Gasteiger partial charge in [-0.1, -0.05) is 72.8 Å². The smallest absolute Gasteiger partial charge is 0.132 e. The molecule has 1 unspecified atom stereocenters. The maximum Gasteiger partial charge on any atom is 0.132 e. The van der Waals surface area contributed by atoms with Crippen LogP contribution in [0.15, 0.2) is 103 Å². The number of benzene rings is 5. The van der Waals surface area contributed by atoms with E-state index in [0.717, 1.165) is 56.5 Å². The third-order valence-corrected chi connectivity index (χ3v) is 8.02. The highest BCUT2D eigenvalue weighted by atomic mass is 16.5. The maximum absolute atomic E-state index is 10.6. The predicted octanol–water partition coefficient (Wildman–Crippen LogP) is 8.52. The fourth-order valence-electron chi connectivity index (χ4n) is 6.18. The highest BCUT2D eigenvalue weighted by Gasteiger charge is 2.43. The van der Waals surface area contributed by atoms with Crippen molar-refractivity contribution in [3.05, 3.63) is 131 Å². The Morgan fingerprint density at radius 2 is 1.41 bits per heavy atom. The summed E-state index contributed by atoms with van der Waals surface area (Å²) in [5.41, 5.74) is 7.17. The summed E-state index contributed by atoms with van der Waals surface area (Å²) in [6.07, 6.45) is 3.34. The van der Waals surface area contributed by atoms with Gasteiger partial charge in [0.25, 0.3) is 0 Å². The first-order valence-corrected chi connectivity index (χ1v) is 12.7. The molecule has 7 rings (SSSR count). The van der Waals surface area contributed by atoms with Gasteiger partial charge in [0.2, 0.25) is 0 Å². The topological polar surface area (TPSA) is 49.7 Å². The van der Waals surface area contributed by atoms with E-state index < -0.39 is 5.41 Å². The normalized spacial score (nSPS) is 17.8. The van der Waals surface area contributed by atoms with Gasteiger partial charge in [0.15, 0.2) is 0 Å². The molecule has 3 heteroatoms. The van der Waals surface area contributed by atoms with Crippen molar-refractivity contribution < 1.29 is 14.9 Å². The molecule has 0 spiro atoms. The molecule has 2 aliphatic rings. The molecule has 1 heterocycles. The number of aromatic hydroxyl groups is 1. The van der Waals surface area contributed by atoms with Gasteiger partial charge < -0.3 is 14.9 Å². The standard InChI is InChI=1S/C34H26O3/c1-34(25-13-7-22(8-14-25)21-5-3-2-4-6-21)32-28-19-26(35)15-9-23(28)11-17-30(32)37-31-18-12-24-10-16-27(36)20-29(24)33(31)34/h2-9,11-15,17-20,35-36H,10,16H2,1H3. The van der Waals surface area contributed by atoms with Crippen LogP contribution >= 0.6 is 0 Å². The molecule has 0 amide bonds. The van der Waals surface area contributed by atoms with Crippen LogP contribution in [0.5, 0.6) is 17.2 Å². The Bertz CT molecular complexity index is 1710. The van der Waals surface area contributed by atoms with E-state index in [9.17, 15) is 10.2 Å². The molecule has 3 nitrogen and oxygen atoms in total. The summed E-state index contributed by atoms with van der Waals surface area (Å²) in [6.45, 7) is 2.24. The van der Waals surface area contributed by atoms with Gasteiger partial charge in [0.05, 0.1) is 11.2 Å². The summed E-state index contributed by atoms with van der Waals surface area (Å²) in [7, 11) is 0. The zero-order chi connectivity index (χ0) is 25.1. The maximum atomic E-state index is 10.6. The van der Waals surface area contributed by atoms with Gasteiger partial charge in [-0.05, 0) is 82.3 Å². The molecule has 37 heavy (non-hydrogen) atoms. The average Bonchev–Trinajstić information content (AvgIpc) is 2.93. The van der Waals surface area contributed by atoms with Crippen LogP contribution in [0.2, 0.25) is 0 Å². The highest BCUT2D eigenvalue weighted by molar-refractivity contribution is 5.93. The lowest BCUT2D eigenvalue weighted by Gasteiger charge is -2.41. The van der Waals surface area contributed by atoms with Crippen molar-refractivity contribution in [2.75, 3.05) is 0 Å². The first-order chi connectivity index (χ1) is 18.0. The zero-order valence-electron chi connectivity index (χ0n) is 20.5. The average molecular weight is 483 g/mol. The fourth-order valence-corrected chi connectivity index (χ4v) is 6.18. The molecule has 0 aromatic heterocycles. The molecule has 1 aliphatic heterocycles. The summed E-state index contributed by atoms with van der Waals surface area (Å²) >= 11 is 0. The van der Waals surface area contributed by atoms with Crippen LogP contribution in [0.25, 0.3) is 28.0 Å². The highest BCUT2D eigenvalue weighted by Crippen LogP contribution is 2.56. The van der Waals surface area contributed by atoms with E-state index >= 15 is 0 Å². The number of hydrogen-bond donors (Lipinski definition) is 2. The number of allylic oxidation sites excluding steroid dienone is 1. The molecule has 180 valence electrons. The minimum absolute atomic E-state index is 0.223. The Morgan fingerprint density at radius 1 is 0.703 bits per heavy atom. The lowest BCUT2D eigenvalue weighted by molar-refractivity contribution is 0.390. The van der Waals surface area contributed by atoms with Gasteiger partial charge in [0, 0.05) is 17.5 Å². The summed E-state index contributed by atoms with van der Waals surface area (Å²) in [5.74, 6) is 2.20. The van der Waals surface area contributed by atoms with Gasteiger partial charge in [-0.3, -0.25) is 0 Å². The Labute approximate surface area is 215 Å². The van der Waals surface area contributed by atoms with E-state index in [1.165, 1.54) is 11.1 Å². The van der Waals surface area contributed by atoms with Crippen molar-refractivity contribution >= 4 is 16.8 Å². The van der Waals surface area contributed by atoms with Crippen molar-refractivity contribution in [3.63, 3.8) is 0 Å². The number of hydrogen-bond acceptors (Lipinski definition) is 3. The molecule has 1 atom stereocenters. The van der Waals surface area contributed by atoms with Gasteiger partial charge in [-0.15, -0.1) is 0 Å². The van der Waals surface area contributed by atoms with E-state index in [2.05, 4.69) is 67.6 Å². The molecule has 0 saturated carbocycles. The molecule has 1 aliphatic carbocycles. The first-order valence-electron chi connectivity index (χ1n) is 12.7. The number of fused-ring (bicyclic) bond motifs is 6. The summed E-state index contributed by atoms with van der Waals surface area (Å²) in [5, 5.41) is 23.0. The Morgan fingerprint density at radius 3 is 2.22 bits per heavy atom. The van der Waals surface area contributed by atoms with E-state index in [1.54, 1.807) is 6.07 Å². The number of aryl methyl sites for hydroxylation is 1. The van der Waals surface area contributed by atoms with Crippen LogP contribution in [0, 0.1) is 0 Å². The molecule has 0 saturated heterocycles. The number of aliphatic hydroxyl groups is 1. The fraction of sp³-hybridized carbons (Fsp3) is 0.118. The molecule has 0 fully saturated rings. The first kappa shape index (κ1) is 21.8. The van der Waals surface area contributed by atoms with E-state index in [4.69, 9.17) is 4.74 Å². The minimum Gasteiger partial charge on any atom is -0.512 e. The second kappa shape index (κ2) is 8.01. The van der Waals surface area contributed by atoms with Crippen LogP contribution in [-0.4, -0.2) is 10.2 Å². The molecule has 0 bridgehead atoms. The largest absolute Gasteiger partial charge is 0.512 e. The predicted molar refractivity (Wildman–Crippen MR) is 148 cm³/mol. The van der Waals surface area contributed by atoms with Crippen LogP contribution < -0.4 is 4.74 Å². The lowest BCUT2D eigenvalue weighted by atomic mass is 9.65. The Hall–Kier alpha value is -4.50. The van der Waals surface area contributed by atoms with Gasteiger partial charge >= 0.3 is 0 Å². The third kappa shape index (κ3) is 3.27. The molecule has 5 aromatic carbocycles. The number of ether oxygens (including phenoxy) is 1. The van der Waals surface area contributed by atoms with Crippen molar-refractivity contribution in [3.8, 4) is 28.4 Å². The quantitative estimate of drug-likeness (QED) is 0.265. The number of phenols is 1. The summed E-state index contributed by atoms with van der Waals surface area (Å²) in [6, 6.07) is 32.9. The van der Waals surface area contributed by atoms with Crippen molar-refractivity contribution in [2.24, 2.45) is 0 Å². The lowest BCUT2D eigenvalue weighted by Crippen LogP contribution is -2.31. The molecular weight excluding hydrogens is 456 g/mol. The Kier molecular flexibility index (Phi) is 4.71. The third-order valence-electron chi connectivity index (χ3n) is 8.02. The second-order valence-electron chi connectivity index (χ2n) is 10.2. The number of phenolic OH excluding ortho intramolecular Hbond substituents is 1. The monoisotopic (exact) mass is 482 g/mol. The summed E-state index contributed by atoms with van der Waals surface area (Å²) in [4.78, 5) is 0. The number of aliphatic hydroxyl groups excluding tert-OH is 1. The molecule has 2 N–H and O–H groups in total. The molecular formula is C34H26O3. The van der Waals surface area contributed by atoms with Crippen molar-refractivity contribution in [1.82, 2.24) is 0 Å². The van der Waals surface area contributed by atoms with Gasteiger partial charge in [-0.2, -0.15) is 0 Å². The van der Waals surface area contributed by atoms with E-state index in [-0.39, 0.29) is 5.75 Å². The molecule has 5 aromatic rings. The van der Waals surface area contributed by atoms with Gasteiger partial charge in [0.1, 0.15) is 17.2 Å². The molecule has 0 radical (unpaired) electrons. The van der Waals surface area contributed by atoms with Crippen LogP contribution in [0.4, 0.5) is 0 Å². The van der Waals surface area contributed by atoms with Crippen molar-refractivity contribution in [2.45, 2.75) is 25.2 Å². The number of rotatable bonds is 2. The van der Waals surface area contributed by atoms with E-state index in [1.807, 2.05) is 36.4 Å². The summed E-state index contributed by atoms with van der Waals surface area (Å²) < 4.78 is 6.54. The van der Waals surface area contributed by atoms with E-state index in [0.29, 0.717) is 12.2 Å². The zero-order valence-corrected chi connectivity index (χ0v) is 20.5. The van der Waals surface area contributed by atoms with Crippen LogP contribution in [0.3, 0.4) is 0 Å².